The summed E-state index contributed by atoms with van der Waals surface area (Å²) in [5.41, 5.74) is 6.18. The number of hydrogen-bond acceptors (Lipinski definition) is 10. The number of furan rings is 1. The van der Waals surface area contributed by atoms with Gasteiger partial charge in [0.2, 0.25) is 0 Å². The van der Waals surface area contributed by atoms with Gasteiger partial charge >= 0.3 is 6.09 Å². The van der Waals surface area contributed by atoms with Crippen molar-refractivity contribution in [3.05, 3.63) is 148 Å². The maximum Gasteiger partial charge on any atom is 0.415 e. The standard InChI is InChI=1S/C51H54ClFN4O7S/c1-6-7-8-10-34-25-45(58)49(41-23-33(4)13-17-40(41)32(2)3)48(26-34)64-51(59)57(21-22-65(5,60)61)29-39-16-20-46(63-39)36-14-18-44-42(27-36)50(55-31-54-44)56-38-15-19-47(43(52)28-38)62-30-35-11-9-12-37(53)24-35/h9,11-12,14-16,18-20,23-28,31,40-41,58H,2,6-8,10,13,17,21-22,29-30H2,1,3-5H3,(H,54,55,56). The van der Waals surface area contributed by atoms with Gasteiger partial charge in [0.25, 0.3) is 0 Å². The number of ether oxygens (including phenoxy) is 2. The lowest BCUT2D eigenvalue weighted by Crippen LogP contribution is -2.36. The van der Waals surface area contributed by atoms with Crippen molar-refractivity contribution in [3.8, 4) is 28.6 Å². The van der Waals surface area contributed by atoms with Gasteiger partial charge in [0, 0.05) is 40.9 Å². The second-order valence-corrected chi connectivity index (χ2v) is 19.5. The highest BCUT2D eigenvalue weighted by atomic mass is 35.5. The van der Waals surface area contributed by atoms with E-state index in [0.29, 0.717) is 67.8 Å². The Morgan fingerprint density at radius 1 is 1.03 bits per heavy atom. The summed E-state index contributed by atoms with van der Waals surface area (Å²) in [6.45, 7) is 10.3. The van der Waals surface area contributed by atoms with E-state index < -0.39 is 15.9 Å². The van der Waals surface area contributed by atoms with E-state index in [1.807, 2.05) is 31.2 Å². The average Bonchev–Trinajstić information content (AvgIpc) is 3.73. The summed E-state index contributed by atoms with van der Waals surface area (Å²) in [5, 5.41) is 16.0. The first kappa shape index (κ1) is 46.8. The predicted molar refractivity (Wildman–Crippen MR) is 254 cm³/mol. The van der Waals surface area contributed by atoms with Crippen LogP contribution in [0.4, 0.5) is 20.7 Å². The Labute approximate surface area is 384 Å². The fourth-order valence-electron chi connectivity index (χ4n) is 8.12. The SMILES string of the molecule is C=C(C)C1CCC(C)=CC1c1c(O)cc(CCCCC)cc1OC(=O)N(CCS(C)(=O)=O)Cc1ccc(-c2ccc3ncnc(Nc4ccc(OCc5cccc(F)c5)c(Cl)c4)c3c2)o1. The Kier molecular flexibility index (Phi) is 14.9. The third kappa shape index (κ3) is 12.1. The van der Waals surface area contributed by atoms with Crippen molar-refractivity contribution in [2.45, 2.75) is 78.4 Å². The van der Waals surface area contributed by atoms with Crippen LogP contribution in [-0.4, -0.2) is 53.0 Å². The average molecular weight is 922 g/mol. The number of halogens is 2. The highest BCUT2D eigenvalue weighted by Crippen LogP contribution is 2.47. The first-order valence-electron chi connectivity index (χ1n) is 21.7. The van der Waals surface area contributed by atoms with Gasteiger partial charge in [-0.05, 0) is 129 Å². The largest absolute Gasteiger partial charge is 0.507 e. The van der Waals surface area contributed by atoms with Gasteiger partial charge in [-0.2, -0.15) is 0 Å². The zero-order valence-electron chi connectivity index (χ0n) is 37.1. The van der Waals surface area contributed by atoms with E-state index in [-0.39, 0.29) is 54.6 Å². The third-order valence-electron chi connectivity index (χ3n) is 11.6. The first-order valence-corrected chi connectivity index (χ1v) is 24.2. The van der Waals surface area contributed by atoms with E-state index in [2.05, 4.69) is 41.8 Å². The van der Waals surface area contributed by atoms with E-state index in [9.17, 15) is 22.7 Å². The lowest BCUT2D eigenvalue weighted by molar-refractivity contribution is 0.148. The lowest BCUT2D eigenvalue weighted by Gasteiger charge is -2.32. The molecule has 2 aromatic heterocycles. The topological polar surface area (TPSA) is 144 Å². The molecule has 1 aliphatic carbocycles. The highest BCUT2D eigenvalue weighted by molar-refractivity contribution is 7.90. The molecule has 4 aromatic carbocycles. The molecule has 0 aliphatic heterocycles. The molecule has 14 heteroatoms. The van der Waals surface area contributed by atoms with Gasteiger partial charge in [-0.1, -0.05) is 67.3 Å². The molecule has 1 aliphatic rings. The Morgan fingerprint density at radius 3 is 2.62 bits per heavy atom. The summed E-state index contributed by atoms with van der Waals surface area (Å²) < 4.78 is 56.9. The zero-order chi connectivity index (χ0) is 46.3. The number of sulfone groups is 1. The number of rotatable bonds is 18. The molecule has 0 saturated heterocycles. The molecule has 2 unspecified atom stereocenters. The van der Waals surface area contributed by atoms with Crippen molar-refractivity contribution >= 4 is 49.9 Å². The molecule has 11 nitrogen and oxygen atoms in total. The number of phenols is 1. The number of fused-ring (bicyclic) bond motifs is 1. The molecule has 340 valence electrons. The van der Waals surface area contributed by atoms with E-state index in [4.69, 9.17) is 25.5 Å². The van der Waals surface area contributed by atoms with Crippen LogP contribution in [-0.2, 0) is 29.4 Å². The van der Waals surface area contributed by atoms with Crippen molar-refractivity contribution in [2.75, 3.05) is 23.9 Å². The normalized spacial score (nSPS) is 15.1. The van der Waals surface area contributed by atoms with Crippen molar-refractivity contribution < 1.29 is 36.6 Å². The summed E-state index contributed by atoms with van der Waals surface area (Å²) in [6.07, 6.45) is 9.31. The van der Waals surface area contributed by atoms with Gasteiger partial charge in [0.15, 0.2) is 0 Å². The molecule has 2 atom stereocenters. The first-order chi connectivity index (χ1) is 31.1. The number of carbonyl (C=O) groups excluding carboxylic acids is 1. The van der Waals surface area contributed by atoms with Crippen LogP contribution in [0.5, 0.6) is 17.2 Å². The molecule has 7 rings (SSSR count). The molecule has 2 N–H and O–H groups in total. The van der Waals surface area contributed by atoms with Gasteiger partial charge in [-0.25, -0.2) is 27.6 Å². The van der Waals surface area contributed by atoms with Crippen LogP contribution in [0.2, 0.25) is 5.02 Å². The van der Waals surface area contributed by atoms with Crippen molar-refractivity contribution in [3.63, 3.8) is 0 Å². The molecular formula is C51H54ClFN4O7S. The maximum atomic E-state index is 14.3. The van der Waals surface area contributed by atoms with Crippen LogP contribution in [0.3, 0.4) is 0 Å². The zero-order valence-corrected chi connectivity index (χ0v) is 38.6. The minimum atomic E-state index is -3.48. The Morgan fingerprint density at radius 2 is 1.86 bits per heavy atom. The van der Waals surface area contributed by atoms with Crippen molar-refractivity contribution in [1.29, 1.82) is 0 Å². The monoisotopic (exact) mass is 920 g/mol. The molecule has 1 amide bonds. The summed E-state index contributed by atoms with van der Waals surface area (Å²) in [6, 6.07) is 24.1. The van der Waals surface area contributed by atoms with Gasteiger partial charge in [-0.3, -0.25) is 4.90 Å². The second-order valence-electron chi connectivity index (χ2n) is 16.8. The van der Waals surface area contributed by atoms with Crippen LogP contribution in [0.25, 0.3) is 22.2 Å². The number of hydrogen-bond donors (Lipinski definition) is 2. The number of anilines is 2. The van der Waals surface area contributed by atoms with Crippen LogP contribution in [0, 0.1) is 11.7 Å². The van der Waals surface area contributed by atoms with Gasteiger partial charge in [0.05, 0.1) is 22.8 Å². The van der Waals surface area contributed by atoms with E-state index in [1.165, 1.54) is 28.9 Å². The van der Waals surface area contributed by atoms with Crippen LogP contribution >= 0.6 is 11.6 Å². The number of phenolic OH excluding ortho intramolecular Hbond substituents is 1. The Bertz CT molecular complexity index is 2840. The maximum absolute atomic E-state index is 14.3. The molecular weight excluding hydrogens is 867 g/mol. The van der Waals surface area contributed by atoms with Crippen LogP contribution < -0.4 is 14.8 Å². The van der Waals surface area contributed by atoms with E-state index in [1.54, 1.807) is 48.5 Å². The van der Waals surface area contributed by atoms with Crippen LogP contribution in [0.15, 0.2) is 119 Å². The highest BCUT2D eigenvalue weighted by Gasteiger charge is 2.32. The van der Waals surface area contributed by atoms with Gasteiger partial charge in [0.1, 0.15) is 63.2 Å². The molecule has 0 radical (unpaired) electrons. The number of aromatic nitrogens is 2. The minimum Gasteiger partial charge on any atom is -0.507 e. The summed E-state index contributed by atoms with van der Waals surface area (Å²) >= 11 is 6.59. The number of aryl methyl sites for hydroxylation is 1. The molecule has 65 heavy (non-hydrogen) atoms. The smallest absolute Gasteiger partial charge is 0.415 e. The number of nitrogens with one attached hydrogen (secondary N) is 1. The van der Waals surface area contributed by atoms with Crippen molar-refractivity contribution in [2.24, 2.45) is 5.92 Å². The Hall–Kier alpha value is -6.18. The predicted octanol–water partition coefficient (Wildman–Crippen LogP) is 12.5. The quantitative estimate of drug-likeness (QED) is 0.0631. The number of aromatic hydroxyl groups is 1. The lowest BCUT2D eigenvalue weighted by atomic mass is 9.73. The molecule has 0 fully saturated rings. The van der Waals surface area contributed by atoms with Crippen LogP contribution in [0.1, 0.15) is 81.2 Å². The van der Waals surface area contributed by atoms with Gasteiger partial charge < -0.3 is 24.3 Å². The second kappa shape index (κ2) is 20.8. The molecule has 0 spiro atoms. The number of benzene rings is 4. The van der Waals surface area contributed by atoms with E-state index >= 15 is 0 Å². The fraction of sp³-hybridized carbons (Fsp3) is 0.314. The molecule has 2 heterocycles. The summed E-state index contributed by atoms with van der Waals surface area (Å²) in [7, 11) is -3.48. The number of unbranched alkanes of at least 4 members (excludes halogenated alkanes) is 2. The number of allylic oxidation sites excluding steroid dienone is 3. The molecule has 0 saturated carbocycles. The third-order valence-corrected chi connectivity index (χ3v) is 12.8. The fourth-order valence-corrected chi connectivity index (χ4v) is 8.91. The number of nitrogens with zero attached hydrogens (tertiary/aromatic N) is 3. The van der Waals surface area contributed by atoms with Crippen molar-refractivity contribution in [1.82, 2.24) is 14.9 Å². The minimum absolute atomic E-state index is 0.0230. The Balaban J connectivity index is 1.13. The summed E-state index contributed by atoms with van der Waals surface area (Å²) in [4.78, 5) is 24.5. The number of amides is 1. The van der Waals surface area contributed by atoms with E-state index in [0.717, 1.165) is 49.5 Å². The number of carbonyl (C=O) groups is 1. The molecule has 6 aromatic rings. The van der Waals surface area contributed by atoms with Gasteiger partial charge in [-0.15, -0.1) is 0 Å². The molecule has 0 bridgehead atoms. The summed E-state index contributed by atoms with van der Waals surface area (Å²) in [5.74, 6) is 1.23.